The fraction of sp³-hybridized carbons (Fsp3) is 0.153. The quantitative estimate of drug-likeness (QED) is 0.141. The van der Waals surface area contributed by atoms with Crippen molar-refractivity contribution in [3.05, 3.63) is 475 Å². The van der Waals surface area contributed by atoms with Crippen LogP contribution >= 0.6 is 0 Å². The summed E-state index contributed by atoms with van der Waals surface area (Å²) in [6.07, 6.45) is 0. The molecule has 676 valence electrons. The maximum Gasteiger partial charge on any atom is 0.0541 e. The maximum atomic E-state index is 2.49. The molecule has 27 rings (SSSR count). The van der Waals surface area contributed by atoms with Gasteiger partial charge in [-0.3, -0.25) is 0 Å². The average Bonchev–Trinajstić information content (AvgIpc) is 1.03. The Hall–Kier alpha value is -15.7. The standard InChI is InChI=1S/C47H41N.C46H37N.C44H35N/c1-45(2)39-19-13-12-18-36(39)37-25-23-33(28-41(37)45)48(32-15-8-7-9-16-32)34-24-26-38-42(29-34)47(5,6)46(3,4)40-27-22-31-21-20-30-14-10-11-17-35(30)43(31)44(38)40;1-45(2)43-29-37(22-24-40(43)42-26-25-39-38-16-10-9-13-32(38)19-23-41(39)44(42)46(45,3)4)47(35-20-17-30-11-5-7-14-33(30)27-35)36-21-18-31-12-6-8-15-34(31)28-36;1-43(2)37-26-22-30-18-17-29-11-5-6-12-33(29)41(30)42(37)36-25-21-31(27-38(36)44(43,3)4)28-19-23-32(24-20-28)45-39-15-9-7-13-34(39)35-14-8-10-16-40(35)45/h7-29H,1-6H3;5-29H,1-4H3;5-27H,1-4H3. The smallest absolute Gasteiger partial charge is 0.0541 e. The minimum Gasteiger partial charge on any atom is -0.310 e. The Morgan fingerprint density at radius 2 is 0.521 bits per heavy atom. The van der Waals surface area contributed by atoms with E-state index in [4.69, 9.17) is 0 Å². The van der Waals surface area contributed by atoms with Gasteiger partial charge in [-0.05, 0) is 317 Å². The van der Waals surface area contributed by atoms with Crippen LogP contribution in [0.25, 0.3) is 169 Å². The van der Waals surface area contributed by atoms with Crippen molar-refractivity contribution in [2.75, 3.05) is 9.80 Å². The monoisotopic (exact) mass is 1800 g/mol. The minimum absolute atomic E-state index is 0.0561. The van der Waals surface area contributed by atoms with Gasteiger partial charge in [0.15, 0.2) is 0 Å². The fourth-order valence-electron chi connectivity index (χ4n) is 25.0. The number of nitrogens with zero attached hydrogens (tertiary/aromatic N) is 3. The SMILES string of the molecule is CC1(C)c2cc(-c3ccc(-n4c5ccccc5c5ccccc54)cc3)ccc2-c2c(ccc3ccc4ccccc4c23)C1(C)C.CC1(C)c2cc(N(c3ccc4ccccc4c3)c3ccc4ccccc4c3)ccc2-c2ccc3c(ccc4ccccc43)c2C1(C)C.CC1(C)c2ccccc2-c2ccc(N(c3ccccc3)c3ccc4c(c3)C(C)(C)C(C)(C)c3ccc5ccc6ccccc6c5c3-4)cc21. The molecular weight excluding hydrogens is 1690 g/mol. The molecule has 0 amide bonds. The molecule has 1 aromatic heterocycles. The van der Waals surface area contributed by atoms with E-state index in [-0.39, 0.29) is 37.9 Å². The molecule has 0 bridgehead atoms. The first-order valence-electron chi connectivity index (χ1n) is 50.0. The Kier molecular flexibility index (Phi) is 19.5. The number of hydrogen-bond donors (Lipinski definition) is 0. The van der Waals surface area contributed by atoms with Gasteiger partial charge in [0, 0.05) is 61.4 Å². The third-order valence-electron chi connectivity index (χ3n) is 34.7. The Balaban J connectivity index is 0.000000111. The van der Waals surface area contributed by atoms with E-state index in [2.05, 4.69) is 542 Å². The van der Waals surface area contributed by atoms with Gasteiger partial charge in [0.2, 0.25) is 0 Å². The van der Waals surface area contributed by atoms with Gasteiger partial charge in [0.05, 0.1) is 11.0 Å². The van der Waals surface area contributed by atoms with Crippen molar-refractivity contribution < 1.29 is 0 Å². The second-order valence-corrected chi connectivity index (χ2v) is 43.5. The summed E-state index contributed by atoms with van der Waals surface area (Å²) >= 11 is 0. The maximum absolute atomic E-state index is 2.49. The molecule has 23 aromatic rings. The molecule has 0 radical (unpaired) electrons. The lowest BCUT2D eigenvalue weighted by molar-refractivity contribution is 0.299. The van der Waals surface area contributed by atoms with Crippen LogP contribution in [0, 0.1) is 0 Å². The van der Waals surface area contributed by atoms with Gasteiger partial charge in [-0.25, -0.2) is 0 Å². The van der Waals surface area contributed by atoms with Crippen molar-refractivity contribution in [2.24, 2.45) is 0 Å². The molecule has 0 fully saturated rings. The molecule has 0 N–H and O–H groups in total. The summed E-state index contributed by atoms with van der Waals surface area (Å²) in [6.45, 7) is 34.0. The number of rotatable bonds is 8. The van der Waals surface area contributed by atoms with Crippen LogP contribution < -0.4 is 9.80 Å². The van der Waals surface area contributed by atoms with Crippen LogP contribution in [0.1, 0.15) is 141 Å². The molecule has 4 aliphatic rings. The lowest BCUT2D eigenvalue weighted by atomic mass is 9.54. The normalized spacial score (nSPS) is 15.3. The van der Waals surface area contributed by atoms with Crippen LogP contribution in [0.3, 0.4) is 0 Å². The summed E-state index contributed by atoms with van der Waals surface area (Å²) in [6, 6.07) is 160. The van der Waals surface area contributed by atoms with E-state index >= 15 is 0 Å². The molecule has 0 unspecified atom stereocenters. The summed E-state index contributed by atoms with van der Waals surface area (Å²) in [5.41, 5.74) is 34.7. The summed E-state index contributed by atoms with van der Waals surface area (Å²) in [4.78, 5) is 4.89. The minimum atomic E-state index is -0.135. The second-order valence-electron chi connectivity index (χ2n) is 43.5. The number of fused-ring (bicyclic) bond motifs is 29. The van der Waals surface area contributed by atoms with E-state index < -0.39 is 0 Å². The van der Waals surface area contributed by atoms with Crippen molar-refractivity contribution in [2.45, 2.75) is 135 Å². The molecule has 3 nitrogen and oxygen atoms in total. The highest BCUT2D eigenvalue weighted by molar-refractivity contribution is 6.19. The Labute approximate surface area is 822 Å². The summed E-state index contributed by atoms with van der Waals surface area (Å²) < 4.78 is 2.39. The van der Waals surface area contributed by atoms with Crippen LogP contribution in [0.5, 0.6) is 0 Å². The Morgan fingerprint density at radius 1 is 0.179 bits per heavy atom. The van der Waals surface area contributed by atoms with Crippen molar-refractivity contribution >= 4 is 142 Å². The lowest BCUT2D eigenvalue weighted by Gasteiger charge is -2.49. The molecule has 3 heteroatoms. The van der Waals surface area contributed by atoms with Gasteiger partial charge in [0.25, 0.3) is 0 Å². The topological polar surface area (TPSA) is 11.4 Å². The van der Waals surface area contributed by atoms with E-state index in [1.54, 1.807) is 0 Å². The van der Waals surface area contributed by atoms with Crippen LogP contribution in [0.2, 0.25) is 0 Å². The molecule has 0 aliphatic heterocycles. The van der Waals surface area contributed by atoms with Gasteiger partial charge < -0.3 is 14.4 Å². The first-order chi connectivity index (χ1) is 67.7. The van der Waals surface area contributed by atoms with Crippen LogP contribution in [-0.4, -0.2) is 4.57 Å². The number of benzene rings is 22. The number of aromatic nitrogens is 1. The van der Waals surface area contributed by atoms with E-state index in [9.17, 15) is 0 Å². The molecule has 0 saturated heterocycles. The van der Waals surface area contributed by atoms with Gasteiger partial charge in [-0.2, -0.15) is 0 Å². The average molecular weight is 1800 g/mol. The highest BCUT2D eigenvalue weighted by atomic mass is 15.1. The fourth-order valence-corrected chi connectivity index (χ4v) is 25.0. The van der Waals surface area contributed by atoms with E-state index in [1.807, 2.05) is 0 Å². The molecule has 4 aliphatic carbocycles. The van der Waals surface area contributed by atoms with Crippen molar-refractivity contribution in [3.8, 4) is 61.3 Å². The highest BCUT2D eigenvalue weighted by Crippen LogP contribution is 2.62. The largest absolute Gasteiger partial charge is 0.310 e. The van der Waals surface area contributed by atoms with Crippen molar-refractivity contribution in [3.63, 3.8) is 0 Å². The molecule has 0 spiro atoms. The van der Waals surface area contributed by atoms with Crippen molar-refractivity contribution in [1.29, 1.82) is 0 Å². The predicted octanol–water partition coefficient (Wildman–Crippen LogP) is 38.0. The van der Waals surface area contributed by atoms with Crippen LogP contribution in [0.4, 0.5) is 34.1 Å². The molecule has 1 heterocycles. The van der Waals surface area contributed by atoms with Gasteiger partial charge in [0.1, 0.15) is 0 Å². The van der Waals surface area contributed by atoms with Crippen LogP contribution in [-0.2, 0) is 37.9 Å². The third kappa shape index (κ3) is 12.9. The van der Waals surface area contributed by atoms with Gasteiger partial charge in [-0.15, -0.1) is 0 Å². The van der Waals surface area contributed by atoms with Gasteiger partial charge >= 0.3 is 0 Å². The van der Waals surface area contributed by atoms with Crippen LogP contribution in [0.15, 0.2) is 431 Å². The molecule has 0 saturated carbocycles. The first kappa shape index (κ1) is 85.9. The molecule has 22 aromatic carbocycles. The Bertz CT molecular complexity index is 8960. The molecular formula is C137H113N3. The predicted molar refractivity (Wildman–Crippen MR) is 601 cm³/mol. The van der Waals surface area contributed by atoms with Crippen molar-refractivity contribution in [1.82, 2.24) is 4.57 Å². The summed E-state index contributed by atoms with van der Waals surface area (Å²) in [7, 11) is 0. The number of hydrogen-bond acceptors (Lipinski definition) is 2. The molecule has 0 atom stereocenters. The van der Waals surface area contributed by atoms with E-state index in [1.165, 1.54) is 231 Å². The summed E-state index contributed by atoms with van der Waals surface area (Å²) in [5, 5.41) is 23.5. The zero-order valence-electron chi connectivity index (χ0n) is 82.3. The summed E-state index contributed by atoms with van der Waals surface area (Å²) in [5.74, 6) is 0. The number of anilines is 6. The van der Waals surface area contributed by atoms with Gasteiger partial charge in [-0.1, -0.05) is 425 Å². The first-order valence-corrected chi connectivity index (χ1v) is 50.0. The van der Waals surface area contributed by atoms with E-state index in [0.29, 0.717) is 0 Å². The lowest BCUT2D eigenvalue weighted by Crippen LogP contribution is -2.43. The zero-order chi connectivity index (χ0) is 95.4. The highest BCUT2D eigenvalue weighted by Gasteiger charge is 2.51. The van der Waals surface area contributed by atoms with E-state index in [0.717, 1.165) is 17.1 Å². The third-order valence-corrected chi connectivity index (χ3v) is 34.7. The molecule has 140 heavy (non-hydrogen) atoms. The zero-order valence-corrected chi connectivity index (χ0v) is 82.3. The number of para-hydroxylation sites is 3. The Morgan fingerprint density at radius 3 is 1.07 bits per heavy atom. The second kappa shape index (κ2) is 31.7.